The van der Waals surface area contributed by atoms with Crippen LogP contribution in [-0.2, 0) is 16.1 Å². The minimum atomic E-state index is -0.411. The van der Waals surface area contributed by atoms with Gasteiger partial charge in [-0.1, -0.05) is 0 Å². The quantitative estimate of drug-likeness (QED) is 0.767. The Morgan fingerprint density at radius 2 is 2.00 bits per heavy atom. The fourth-order valence-electron chi connectivity index (χ4n) is 2.04. The largest absolute Gasteiger partial charge is 0.465 e. The highest BCUT2D eigenvalue weighted by Gasteiger charge is 2.20. The summed E-state index contributed by atoms with van der Waals surface area (Å²) in [4.78, 5) is 24.3. The van der Waals surface area contributed by atoms with Gasteiger partial charge >= 0.3 is 5.97 Å². The summed E-state index contributed by atoms with van der Waals surface area (Å²) in [5.74, 6) is 0.764. The summed E-state index contributed by atoms with van der Waals surface area (Å²) in [5.41, 5.74) is 0.191. The van der Waals surface area contributed by atoms with E-state index in [1.807, 2.05) is 27.8 Å². The van der Waals surface area contributed by atoms with Crippen molar-refractivity contribution in [2.75, 3.05) is 20.7 Å². The average molecular weight is 297 g/mol. The second-order valence-electron chi connectivity index (χ2n) is 6.28. The lowest BCUT2D eigenvalue weighted by Crippen LogP contribution is -3.09. The van der Waals surface area contributed by atoms with Crippen LogP contribution in [0.1, 0.15) is 42.6 Å². The third kappa shape index (κ3) is 5.59. The number of nitrogens with one attached hydrogen (secondary N) is 2. The zero-order chi connectivity index (χ0) is 16.2. The molecule has 1 unspecified atom stereocenters. The van der Waals surface area contributed by atoms with Crippen LogP contribution in [0.5, 0.6) is 0 Å². The van der Waals surface area contributed by atoms with Gasteiger partial charge in [-0.25, -0.2) is 4.79 Å². The summed E-state index contributed by atoms with van der Waals surface area (Å²) in [7, 11) is 3.24. The monoisotopic (exact) mass is 297 g/mol. The molecule has 0 radical (unpaired) electrons. The van der Waals surface area contributed by atoms with Crippen molar-refractivity contribution < 1.29 is 23.6 Å². The number of likely N-dealkylation sites (N-methyl/N-ethyl adjacent to an activating group) is 1. The minimum Gasteiger partial charge on any atom is -0.465 e. The van der Waals surface area contributed by atoms with E-state index < -0.39 is 5.97 Å². The van der Waals surface area contributed by atoms with Gasteiger partial charge in [-0.05, 0) is 27.7 Å². The van der Waals surface area contributed by atoms with Gasteiger partial charge in [0.2, 0.25) is 0 Å². The summed E-state index contributed by atoms with van der Waals surface area (Å²) in [6, 6.07) is 1.67. The molecule has 0 fully saturated rings. The van der Waals surface area contributed by atoms with Crippen molar-refractivity contribution in [1.29, 1.82) is 0 Å². The number of hydrogen-bond donors (Lipinski definition) is 2. The first-order chi connectivity index (χ1) is 9.62. The maximum absolute atomic E-state index is 11.8. The minimum absolute atomic E-state index is 0.0172. The lowest BCUT2D eigenvalue weighted by atomic mass is 10.1. The standard InChI is InChI=1S/C15H24N2O4/c1-10-12(14(19)20-6)7-11(21-10)8-17(5)9-13(18)16-15(2,3)4/h7H,8-9H2,1-6H3,(H,16,18)/p+1. The topological polar surface area (TPSA) is 73.0 Å². The molecule has 0 aromatic carbocycles. The second-order valence-corrected chi connectivity index (χ2v) is 6.28. The normalized spacial score (nSPS) is 12.9. The van der Waals surface area contributed by atoms with E-state index in [1.54, 1.807) is 13.0 Å². The van der Waals surface area contributed by atoms with E-state index in [1.165, 1.54) is 7.11 Å². The van der Waals surface area contributed by atoms with Crippen LogP contribution in [0.4, 0.5) is 0 Å². The first kappa shape index (κ1) is 17.2. The molecule has 21 heavy (non-hydrogen) atoms. The van der Waals surface area contributed by atoms with Crippen molar-refractivity contribution >= 4 is 11.9 Å². The van der Waals surface area contributed by atoms with E-state index in [9.17, 15) is 9.59 Å². The Morgan fingerprint density at radius 1 is 1.38 bits per heavy atom. The van der Waals surface area contributed by atoms with Crippen LogP contribution >= 0.6 is 0 Å². The number of carbonyl (C=O) groups excluding carboxylic acids is 2. The number of rotatable bonds is 5. The van der Waals surface area contributed by atoms with Crippen molar-refractivity contribution in [3.05, 3.63) is 23.2 Å². The SMILES string of the molecule is COC(=O)c1cc(C[NH+](C)CC(=O)NC(C)(C)C)oc1C. The molecule has 6 nitrogen and oxygen atoms in total. The van der Waals surface area contributed by atoms with Crippen LogP contribution in [0.2, 0.25) is 0 Å². The maximum atomic E-state index is 11.8. The number of ether oxygens (including phenoxy) is 1. The molecule has 0 bridgehead atoms. The molecule has 1 rings (SSSR count). The van der Waals surface area contributed by atoms with E-state index in [4.69, 9.17) is 4.42 Å². The van der Waals surface area contributed by atoms with Crippen molar-refractivity contribution in [2.24, 2.45) is 0 Å². The first-order valence-electron chi connectivity index (χ1n) is 6.92. The zero-order valence-electron chi connectivity index (χ0n) is 13.6. The Labute approximate surface area is 125 Å². The fraction of sp³-hybridized carbons (Fsp3) is 0.600. The molecule has 1 heterocycles. The predicted molar refractivity (Wildman–Crippen MR) is 78.1 cm³/mol. The van der Waals surface area contributed by atoms with Crippen LogP contribution < -0.4 is 10.2 Å². The number of furan rings is 1. The highest BCUT2D eigenvalue weighted by molar-refractivity contribution is 5.90. The van der Waals surface area contributed by atoms with Crippen molar-refractivity contribution in [1.82, 2.24) is 5.32 Å². The number of esters is 1. The molecule has 0 saturated heterocycles. The number of aryl methyl sites for hydroxylation is 1. The Bertz CT molecular complexity index is 514. The van der Waals surface area contributed by atoms with Crippen LogP contribution in [0.25, 0.3) is 0 Å². The number of methoxy groups -OCH3 is 1. The Hall–Kier alpha value is -1.82. The van der Waals surface area contributed by atoms with Crippen LogP contribution in [0, 0.1) is 6.92 Å². The molecule has 1 amide bonds. The van der Waals surface area contributed by atoms with Gasteiger partial charge in [0.1, 0.15) is 17.9 Å². The van der Waals surface area contributed by atoms with Gasteiger partial charge in [0, 0.05) is 11.6 Å². The molecule has 0 saturated carbocycles. The van der Waals surface area contributed by atoms with Crippen molar-refractivity contribution in [3.63, 3.8) is 0 Å². The van der Waals surface area contributed by atoms with Crippen molar-refractivity contribution in [3.8, 4) is 0 Å². The summed E-state index contributed by atoms with van der Waals surface area (Å²) in [6.45, 7) is 8.41. The zero-order valence-corrected chi connectivity index (χ0v) is 13.6. The molecule has 1 atom stereocenters. The average Bonchev–Trinajstić information content (AvgIpc) is 2.66. The molecule has 0 spiro atoms. The summed E-state index contributed by atoms with van der Waals surface area (Å²) in [5, 5.41) is 2.92. The summed E-state index contributed by atoms with van der Waals surface area (Å²) in [6.07, 6.45) is 0. The molecule has 0 aliphatic rings. The van der Waals surface area contributed by atoms with Gasteiger partial charge in [0.25, 0.3) is 5.91 Å². The van der Waals surface area contributed by atoms with Gasteiger partial charge < -0.3 is 19.4 Å². The van der Waals surface area contributed by atoms with Crippen LogP contribution in [0.15, 0.2) is 10.5 Å². The summed E-state index contributed by atoms with van der Waals surface area (Å²) < 4.78 is 10.2. The van der Waals surface area contributed by atoms with E-state index in [0.717, 1.165) is 4.90 Å². The molecule has 1 aromatic heterocycles. The number of hydrogen-bond acceptors (Lipinski definition) is 4. The molecule has 1 aromatic rings. The van der Waals surface area contributed by atoms with Crippen LogP contribution in [0.3, 0.4) is 0 Å². The highest BCUT2D eigenvalue weighted by atomic mass is 16.5. The second kappa shape index (κ2) is 6.76. The third-order valence-electron chi connectivity index (χ3n) is 2.83. The predicted octanol–water partition coefficient (Wildman–Crippen LogP) is 0.304. The Balaban J connectivity index is 2.61. The maximum Gasteiger partial charge on any atom is 0.341 e. The van der Waals surface area contributed by atoms with E-state index in [2.05, 4.69) is 10.1 Å². The Kier molecular flexibility index (Phi) is 5.54. The molecule has 118 valence electrons. The van der Waals surface area contributed by atoms with Gasteiger partial charge in [0.15, 0.2) is 12.3 Å². The fourth-order valence-corrected chi connectivity index (χ4v) is 2.04. The van der Waals surface area contributed by atoms with Gasteiger partial charge in [-0.2, -0.15) is 0 Å². The number of amides is 1. The smallest absolute Gasteiger partial charge is 0.341 e. The number of carbonyl (C=O) groups is 2. The lowest BCUT2D eigenvalue weighted by molar-refractivity contribution is -0.886. The first-order valence-corrected chi connectivity index (χ1v) is 6.92. The molecular weight excluding hydrogens is 272 g/mol. The number of quaternary nitrogens is 1. The van der Waals surface area contributed by atoms with Crippen LogP contribution in [-0.4, -0.2) is 38.1 Å². The summed E-state index contributed by atoms with van der Waals surface area (Å²) >= 11 is 0. The van der Waals surface area contributed by atoms with Crippen molar-refractivity contribution in [2.45, 2.75) is 39.8 Å². The van der Waals surface area contributed by atoms with E-state index in [0.29, 0.717) is 30.2 Å². The van der Waals surface area contributed by atoms with E-state index >= 15 is 0 Å². The molecule has 6 heteroatoms. The molecular formula is C15H25N2O4+. The molecule has 2 N–H and O–H groups in total. The molecule has 0 aliphatic carbocycles. The van der Waals surface area contributed by atoms with Gasteiger partial charge in [0.05, 0.1) is 14.2 Å². The lowest BCUT2D eigenvalue weighted by Gasteiger charge is -2.21. The van der Waals surface area contributed by atoms with Gasteiger partial charge in [-0.3, -0.25) is 4.79 Å². The Morgan fingerprint density at radius 3 is 2.52 bits per heavy atom. The molecule has 0 aliphatic heterocycles. The highest BCUT2D eigenvalue weighted by Crippen LogP contribution is 2.14. The third-order valence-corrected chi connectivity index (χ3v) is 2.83. The van der Waals surface area contributed by atoms with Gasteiger partial charge in [-0.15, -0.1) is 0 Å². The van der Waals surface area contributed by atoms with E-state index in [-0.39, 0.29) is 11.4 Å².